The fourth-order valence-corrected chi connectivity index (χ4v) is 3.38. The SMILES string of the molecule is CS(=O)(=O)c1ccc(NC(=N)NOC(=O)ONC(=N)Nc2ccc(S(C)(=O)=O)cc2)cc1. The Balaban J connectivity index is 1.73. The fraction of sp³-hybridized carbons (Fsp3) is 0.118. The maximum absolute atomic E-state index is 11.5. The van der Waals surface area contributed by atoms with E-state index in [-0.39, 0.29) is 9.79 Å². The van der Waals surface area contributed by atoms with Gasteiger partial charge in [0.2, 0.25) is 11.9 Å². The van der Waals surface area contributed by atoms with E-state index in [0.29, 0.717) is 11.4 Å². The van der Waals surface area contributed by atoms with Gasteiger partial charge in [-0.2, -0.15) is 15.8 Å². The minimum atomic E-state index is -3.35. The van der Waals surface area contributed by atoms with Crippen LogP contribution in [0.3, 0.4) is 0 Å². The molecule has 0 radical (unpaired) electrons. The molecule has 15 heteroatoms. The molecule has 32 heavy (non-hydrogen) atoms. The second-order valence-electron chi connectivity index (χ2n) is 6.25. The van der Waals surface area contributed by atoms with E-state index in [1.54, 1.807) is 0 Å². The summed E-state index contributed by atoms with van der Waals surface area (Å²) in [7, 11) is -6.69. The normalized spacial score (nSPS) is 11.1. The van der Waals surface area contributed by atoms with Crippen LogP contribution in [0.1, 0.15) is 0 Å². The van der Waals surface area contributed by atoms with Gasteiger partial charge in [0.1, 0.15) is 0 Å². The first kappa shape index (κ1) is 24.4. The van der Waals surface area contributed by atoms with Gasteiger partial charge in [-0.15, -0.1) is 0 Å². The lowest BCUT2D eigenvalue weighted by atomic mass is 10.3. The van der Waals surface area contributed by atoms with Crippen LogP contribution in [0.2, 0.25) is 0 Å². The lowest BCUT2D eigenvalue weighted by Gasteiger charge is -2.12. The Hall–Kier alpha value is -3.85. The number of nitrogens with one attached hydrogen (secondary N) is 6. The van der Waals surface area contributed by atoms with Crippen LogP contribution in [0.4, 0.5) is 16.2 Å². The van der Waals surface area contributed by atoms with Gasteiger partial charge in [0.25, 0.3) is 0 Å². The maximum atomic E-state index is 11.5. The van der Waals surface area contributed by atoms with E-state index in [0.717, 1.165) is 12.5 Å². The van der Waals surface area contributed by atoms with E-state index in [4.69, 9.17) is 10.8 Å². The summed E-state index contributed by atoms with van der Waals surface area (Å²) in [6, 6.07) is 11.1. The monoisotopic (exact) mass is 484 g/mol. The quantitative estimate of drug-likeness (QED) is 0.206. The van der Waals surface area contributed by atoms with Crippen molar-refractivity contribution < 1.29 is 31.3 Å². The summed E-state index contributed by atoms with van der Waals surface area (Å²) < 4.78 is 45.6. The largest absolute Gasteiger partial charge is 0.558 e. The highest BCUT2D eigenvalue weighted by Gasteiger charge is 2.10. The number of guanidine groups is 2. The minimum Gasteiger partial charge on any atom is -0.324 e. The van der Waals surface area contributed by atoms with Crippen molar-refractivity contribution in [1.29, 1.82) is 10.8 Å². The highest BCUT2D eigenvalue weighted by atomic mass is 32.2. The number of anilines is 2. The number of carbonyl (C=O) groups is 1. The second kappa shape index (κ2) is 9.97. The van der Waals surface area contributed by atoms with Crippen molar-refractivity contribution >= 4 is 49.1 Å². The zero-order chi connectivity index (χ0) is 23.9. The van der Waals surface area contributed by atoms with Crippen molar-refractivity contribution in [3.63, 3.8) is 0 Å². The molecule has 0 saturated carbocycles. The lowest BCUT2D eigenvalue weighted by Crippen LogP contribution is -2.36. The molecule has 172 valence electrons. The predicted octanol–water partition coefficient (Wildman–Crippen LogP) is 1.05. The summed E-state index contributed by atoms with van der Waals surface area (Å²) in [6.45, 7) is 0. The molecule has 0 atom stereocenters. The zero-order valence-electron chi connectivity index (χ0n) is 16.8. The van der Waals surface area contributed by atoms with E-state index in [1.165, 1.54) is 48.5 Å². The number of benzene rings is 2. The van der Waals surface area contributed by atoms with Gasteiger partial charge in [0, 0.05) is 23.9 Å². The van der Waals surface area contributed by atoms with Crippen molar-refractivity contribution in [2.75, 3.05) is 23.1 Å². The Bertz CT molecular complexity index is 1120. The van der Waals surface area contributed by atoms with Crippen molar-refractivity contribution in [2.45, 2.75) is 9.79 Å². The van der Waals surface area contributed by atoms with Crippen LogP contribution in [0.5, 0.6) is 0 Å². The standard InChI is InChI=1S/C17H20N6O7S2/c1-31(25,26)13-7-3-11(4-8-13)20-15(18)22-29-17(24)30-23-16(19)21-12-5-9-14(10-6-12)32(2,27)28/h3-10H,1-2H3,(H3,18,20,22)(H3,19,21,23). The number of sulfone groups is 2. The number of hydrogen-bond donors (Lipinski definition) is 6. The number of rotatable bonds is 4. The molecule has 0 unspecified atom stereocenters. The molecule has 0 spiro atoms. The van der Waals surface area contributed by atoms with Crippen LogP contribution in [0.15, 0.2) is 58.3 Å². The van der Waals surface area contributed by atoms with E-state index >= 15 is 0 Å². The van der Waals surface area contributed by atoms with Gasteiger partial charge < -0.3 is 20.3 Å². The average molecular weight is 485 g/mol. The van der Waals surface area contributed by atoms with Crippen molar-refractivity contribution in [1.82, 2.24) is 11.0 Å². The van der Waals surface area contributed by atoms with Crippen molar-refractivity contribution in [3.8, 4) is 0 Å². The molecule has 0 saturated heterocycles. The van der Waals surface area contributed by atoms with Gasteiger partial charge >= 0.3 is 6.16 Å². The lowest BCUT2D eigenvalue weighted by molar-refractivity contribution is 0.0180. The Labute approximate surface area is 183 Å². The second-order valence-corrected chi connectivity index (χ2v) is 10.3. The summed E-state index contributed by atoms with van der Waals surface area (Å²) in [6.07, 6.45) is 0.815. The molecule has 2 aromatic rings. The summed E-state index contributed by atoms with van der Waals surface area (Å²) >= 11 is 0. The molecule has 0 aliphatic heterocycles. The Morgan fingerprint density at radius 3 is 1.28 bits per heavy atom. The molecule has 0 amide bonds. The van der Waals surface area contributed by atoms with Crippen LogP contribution in [-0.2, 0) is 29.3 Å². The van der Waals surface area contributed by atoms with Crippen LogP contribution < -0.4 is 21.6 Å². The molecule has 0 aromatic heterocycles. The summed E-state index contributed by atoms with van der Waals surface area (Å²) in [5, 5.41) is 20.3. The summed E-state index contributed by atoms with van der Waals surface area (Å²) in [4.78, 5) is 20.6. The third-order valence-electron chi connectivity index (χ3n) is 3.58. The Kier molecular flexibility index (Phi) is 7.61. The highest BCUT2D eigenvalue weighted by molar-refractivity contribution is 7.91. The topological polar surface area (TPSA) is 200 Å². The van der Waals surface area contributed by atoms with Crippen molar-refractivity contribution in [2.24, 2.45) is 0 Å². The van der Waals surface area contributed by atoms with Gasteiger partial charge in [-0.1, -0.05) is 0 Å². The van der Waals surface area contributed by atoms with Gasteiger partial charge in [-0.3, -0.25) is 10.8 Å². The van der Waals surface area contributed by atoms with E-state index in [2.05, 4.69) is 20.3 Å². The first-order valence-corrected chi connectivity index (χ1v) is 12.3. The molecule has 0 aliphatic carbocycles. The first-order valence-electron chi connectivity index (χ1n) is 8.55. The number of carbonyl (C=O) groups excluding carboxylic acids is 1. The molecule has 2 aromatic carbocycles. The van der Waals surface area contributed by atoms with Crippen LogP contribution >= 0.6 is 0 Å². The Morgan fingerprint density at radius 2 is 1.00 bits per heavy atom. The van der Waals surface area contributed by atoms with Gasteiger partial charge in [-0.25, -0.2) is 16.8 Å². The zero-order valence-corrected chi connectivity index (χ0v) is 18.4. The van der Waals surface area contributed by atoms with Gasteiger partial charge in [0.05, 0.1) is 9.79 Å². The van der Waals surface area contributed by atoms with Crippen LogP contribution in [-0.4, -0.2) is 47.4 Å². The van der Waals surface area contributed by atoms with E-state index in [9.17, 15) is 21.6 Å². The molecule has 13 nitrogen and oxygen atoms in total. The van der Waals surface area contributed by atoms with Gasteiger partial charge in [0.15, 0.2) is 19.7 Å². The molecular formula is C17H20N6O7S2. The number of hydrogen-bond acceptors (Lipinski definition) is 9. The smallest absolute Gasteiger partial charge is 0.324 e. The van der Waals surface area contributed by atoms with Gasteiger partial charge in [-0.05, 0) is 48.5 Å². The fourth-order valence-electron chi connectivity index (χ4n) is 2.12. The third-order valence-corrected chi connectivity index (χ3v) is 5.83. The molecule has 0 heterocycles. The van der Waals surface area contributed by atoms with E-state index in [1.807, 2.05) is 11.0 Å². The molecule has 6 N–H and O–H groups in total. The first-order chi connectivity index (χ1) is 14.8. The molecule has 0 bridgehead atoms. The molecular weight excluding hydrogens is 464 g/mol. The Morgan fingerprint density at radius 1 is 0.688 bits per heavy atom. The molecule has 2 rings (SSSR count). The summed E-state index contributed by atoms with van der Waals surface area (Å²) in [5.74, 6) is -0.901. The van der Waals surface area contributed by atoms with E-state index < -0.39 is 37.7 Å². The highest BCUT2D eigenvalue weighted by Crippen LogP contribution is 2.14. The molecule has 0 fully saturated rings. The van der Waals surface area contributed by atoms with Crippen molar-refractivity contribution in [3.05, 3.63) is 48.5 Å². The molecule has 0 aliphatic rings. The summed E-state index contributed by atoms with van der Waals surface area (Å²) in [5.41, 5.74) is 4.64. The predicted molar refractivity (Wildman–Crippen MR) is 116 cm³/mol. The van der Waals surface area contributed by atoms with Crippen LogP contribution in [0.25, 0.3) is 0 Å². The third kappa shape index (κ3) is 7.77. The van der Waals surface area contributed by atoms with Crippen LogP contribution in [0, 0.1) is 10.8 Å². The maximum Gasteiger partial charge on any atom is 0.558 e. The average Bonchev–Trinajstić information content (AvgIpc) is 2.70. The minimum absolute atomic E-state index is 0.107. The number of hydroxylamine groups is 2.